The second kappa shape index (κ2) is 8.20. The molecule has 1 rings (SSSR count). The zero-order valence-corrected chi connectivity index (χ0v) is 12.4. The average Bonchev–Trinajstić information content (AvgIpc) is 2.42. The van der Waals surface area contributed by atoms with Crippen molar-refractivity contribution < 1.29 is 5.21 Å². The molecule has 0 saturated carbocycles. The van der Waals surface area contributed by atoms with Crippen molar-refractivity contribution in [1.82, 2.24) is 5.32 Å². The molecule has 1 atom stereocenters. The summed E-state index contributed by atoms with van der Waals surface area (Å²) < 4.78 is 0. The molecule has 0 radical (unpaired) electrons. The molecule has 0 saturated heterocycles. The van der Waals surface area contributed by atoms with E-state index in [1.807, 2.05) is 13.8 Å². The summed E-state index contributed by atoms with van der Waals surface area (Å²) in [5.74, 6) is 1.15. The second-order valence-corrected chi connectivity index (χ2v) is 6.18. The van der Waals surface area contributed by atoms with Crippen molar-refractivity contribution in [3.05, 3.63) is 12.2 Å². The van der Waals surface area contributed by atoms with E-state index in [1.54, 1.807) is 0 Å². The topological polar surface area (TPSA) is 70.6 Å². The number of allylic oxidation sites excluding steroid dienone is 2. The summed E-state index contributed by atoms with van der Waals surface area (Å²) in [7, 11) is 0. The first-order valence-electron chi connectivity index (χ1n) is 7.40. The molecule has 0 spiro atoms. The van der Waals surface area contributed by atoms with Gasteiger partial charge in [-0.25, -0.2) is 0 Å². The predicted molar refractivity (Wildman–Crippen MR) is 80.4 cm³/mol. The first kappa shape index (κ1) is 16.0. The molecular formula is C15H29N3O. The molecule has 1 aliphatic rings. The minimum absolute atomic E-state index is 0.205. The van der Waals surface area contributed by atoms with Crippen molar-refractivity contribution >= 4 is 5.84 Å². The van der Waals surface area contributed by atoms with Gasteiger partial charge in [0.15, 0.2) is 0 Å². The van der Waals surface area contributed by atoms with Crippen molar-refractivity contribution in [1.29, 1.82) is 0 Å². The Bertz CT molecular complexity index is 311. The molecule has 19 heavy (non-hydrogen) atoms. The van der Waals surface area contributed by atoms with E-state index in [0.717, 1.165) is 38.3 Å². The Kier molecular flexibility index (Phi) is 6.92. The number of hydrogen-bond donors (Lipinski definition) is 3. The van der Waals surface area contributed by atoms with Crippen molar-refractivity contribution in [2.45, 2.75) is 52.4 Å². The number of nitrogens with one attached hydrogen (secondary N) is 1. The normalized spacial score (nSPS) is 20.7. The number of nitrogens with two attached hydrogens (primary N) is 1. The first-order chi connectivity index (χ1) is 9.06. The molecule has 4 N–H and O–H groups in total. The van der Waals surface area contributed by atoms with Gasteiger partial charge < -0.3 is 16.3 Å². The van der Waals surface area contributed by atoms with Crippen LogP contribution < -0.4 is 11.1 Å². The lowest BCUT2D eigenvalue weighted by molar-refractivity contribution is 0.304. The molecule has 1 unspecified atom stereocenters. The van der Waals surface area contributed by atoms with E-state index < -0.39 is 0 Å². The van der Waals surface area contributed by atoms with E-state index in [2.05, 4.69) is 22.6 Å². The van der Waals surface area contributed by atoms with Gasteiger partial charge in [0.2, 0.25) is 0 Å². The molecule has 0 amide bonds. The van der Waals surface area contributed by atoms with Crippen LogP contribution in [0.5, 0.6) is 0 Å². The lowest BCUT2D eigenvalue weighted by Gasteiger charge is -2.22. The minimum Gasteiger partial charge on any atom is -0.409 e. The van der Waals surface area contributed by atoms with Gasteiger partial charge in [-0.2, -0.15) is 0 Å². The highest BCUT2D eigenvalue weighted by Crippen LogP contribution is 2.23. The highest BCUT2D eigenvalue weighted by atomic mass is 16.4. The smallest absolute Gasteiger partial charge is 0.144 e. The second-order valence-electron chi connectivity index (χ2n) is 6.18. The van der Waals surface area contributed by atoms with Gasteiger partial charge in [-0.3, -0.25) is 0 Å². The quantitative estimate of drug-likeness (QED) is 0.158. The molecule has 1 aliphatic carbocycles. The Morgan fingerprint density at radius 1 is 1.42 bits per heavy atom. The molecule has 0 bridgehead atoms. The van der Waals surface area contributed by atoms with Crippen LogP contribution in [0.3, 0.4) is 0 Å². The van der Waals surface area contributed by atoms with E-state index in [-0.39, 0.29) is 5.41 Å². The lowest BCUT2D eigenvalue weighted by atomic mass is 9.86. The van der Waals surface area contributed by atoms with Gasteiger partial charge in [0.05, 0.1) is 0 Å². The van der Waals surface area contributed by atoms with Gasteiger partial charge in [0.25, 0.3) is 0 Å². The van der Waals surface area contributed by atoms with Crippen LogP contribution >= 0.6 is 0 Å². The third-order valence-electron chi connectivity index (χ3n) is 4.02. The maximum absolute atomic E-state index is 8.70. The SMILES string of the molecule is CC(C)(CCCCNCC1CC=CCC1)/C(N)=N/O. The third-order valence-corrected chi connectivity index (χ3v) is 4.02. The van der Waals surface area contributed by atoms with Crippen LogP contribution in [0, 0.1) is 11.3 Å². The number of amidine groups is 1. The number of hydrogen-bond acceptors (Lipinski definition) is 3. The number of nitrogens with zero attached hydrogens (tertiary/aromatic N) is 1. The van der Waals surface area contributed by atoms with E-state index in [4.69, 9.17) is 10.9 Å². The van der Waals surface area contributed by atoms with Gasteiger partial charge in [-0.1, -0.05) is 37.6 Å². The number of oxime groups is 1. The van der Waals surface area contributed by atoms with Crippen LogP contribution in [0.2, 0.25) is 0 Å². The van der Waals surface area contributed by atoms with Crippen LogP contribution in [0.15, 0.2) is 17.3 Å². The molecule has 0 aromatic rings. The number of rotatable bonds is 8. The van der Waals surface area contributed by atoms with Gasteiger partial charge in [-0.05, 0) is 51.1 Å². The Labute approximate surface area is 117 Å². The molecule has 0 fully saturated rings. The molecule has 0 aliphatic heterocycles. The highest BCUT2D eigenvalue weighted by molar-refractivity contribution is 5.85. The van der Waals surface area contributed by atoms with E-state index in [1.165, 1.54) is 19.3 Å². The fourth-order valence-corrected chi connectivity index (χ4v) is 2.43. The Hall–Kier alpha value is -1.03. The van der Waals surface area contributed by atoms with Crippen molar-refractivity contribution in [2.24, 2.45) is 22.2 Å². The average molecular weight is 267 g/mol. The molecule has 0 heterocycles. The summed E-state index contributed by atoms with van der Waals surface area (Å²) in [5, 5.41) is 15.3. The Morgan fingerprint density at radius 2 is 2.21 bits per heavy atom. The van der Waals surface area contributed by atoms with Gasteiger partial charge >= 0.3 is 0 Å². The summed E-state index contributed by atoms with van der Waals surface area (Å²) >= 11 is 0. The zero-order valence-electron chi connectivity index (χ0n) is 12.4. The maximum Gasteiger partial charge on any atom is 0.144 e. The van der Waals surface area contributed by atoms with Gasteiger partial charge in [0.1, 0.15) is 5.84 Å². The minimum atomic E-state index is -0.205. The molecule has 4 heteroatoms. The maximum atomic E-state index is 8.70. The molecular weight excluding hydrogens is 238 g/mol. The van der Waals surface area contributed by atoms with Gasteiger partial charge in [0, 0.05) is 5.41 Å². The Morgan fingerprint density at radius 3 is 2.84 bits per heavy atom. The lowest BCUT2D eigenvalue weighted by Crippen LogP contribution is -2.32. The molecule has 0 aromatic heterocycles. The third kappa shape index (κ3) is 6.10. The van der Waals surface area contributed by atoms with E-state index in [0.29, 0.717) is 5.84 Å². The molecule has 110 valence electrons. The fraction of sp³-hybridized carbons (Fsp3) is 0.800. The zero-order chi connectivity index (χ0) is 14.1. The molecule has 4 nitrogen and oxygen atoms in total. The highest BCUT2D eigenvalue weighted by Gasteiger charge is 2.22. The summed E-state index contributed by atoms with van der Waals surface area (Å²) in [6, 6.07) is 0. The van der Waals surface area contributed by atoms with Crippen molar-refractivity contribution in [3.8, 4) is 0 Å². The fourth-order valence-electron chi connectivity index (χ4n) is 2.43. The summed E-state index contributed by atoms with van der Waals surface area (Å²) in [4.78, 5) is 0. The standard InChI is InChI=1S/C15H29N3O/c1-15(2,14(16)18-19)10-6-7-11-17-12-13-8-4-3-5-9-13/h3-4,13,17,19H,5-12H2,1-2H3,(H2,16,18). The summed E-state index contributed by atoms with van der Waals surface area (Å²) in [5.41, 5.74) is 5.46. The van der Waals surface area contributed by atoms with Crippen LogP contribution in [0.1, 0.15) is 52.4 Å². The first-order valence-corrected chi connectivity index (χ1v) is 7.40. The number of unbranched alkanes of at least 4 members (excludes halogenated alkanes) is 1. The molecule has 0 aromatic carbocycles. The van der Waals surface area contributed by atoms with Crippen molar-refractivity contribution in [2.75, 3.05) is 13.1 Å². The monoisotopic (exact) mass is 267 g/mol. The largest absolute Gasteiger partial charge is 0.409 e. The van der Waals surface area contributed by atoms with Crippen LogP contribution in [0.25, 0.3) is 0 Å². The van der Waals surface area contributed by atoms with Crippen molar-refractivity contribution in [3.63, 3.8) is 0 Å². The van der Waals surface area contributed by atoms with Crippen LogP contribution in [0.4, 0.5) is 0 Å². The van der Waals surface area contributed by atoms with Gasteiger partial charge in [-0.15, -0.1) is 0 Å². The van der Waals surface area contributed by atoms with E-state index >= 15 is 0 Å². The van der Waals surface area contributed by atoms with E-state index in [9.17, 15) is 0 Å². The van der Waals surface area contributed by atoms with Crippen LogP contribution in [-0.4, -0.2) is 24.1 Å². The summed E-state index contributed by atoms with van der Waals surface area (Å²) in [6.45, 7) is 6.23. The Balaban J connectivity index is 2.03. The van der Waals surface area contributed by atoms with Crippen LogP contribution in [-0.2, 0) is 0 Å². The summed E-state index contributed by atoms with van der Waals surface area (Å²) in [6.07, 6.45) is 11.6. The predicted octanol–water partition coefficient (Wildman–Crippen LogP) is 2.88.